The summed E-state index contributed by atoms with van der Waals surface area (Å²) in [4.78, 5) is 43.9. The summed E-state index contributed by atoms with van der Waals surface area (Å²) in [5.41, 5.74) is 0. The zero-order chi connectivity index (χ0) is 30.1. The maximum absolute atomic E-state index is 12.1. The molecule has 0 saturated carbocycles. The minimum atomic E-state index is -4.70. The number of phosphoric ester groups is 1. The van der Waals surface area contributed by atoms with Crippen LogP contribution < -0.4 is 5.32 Å². The van der Waals surface area contributed by atoms with E-state index in [1.165, 1.54) is 83.5 Å². The van der Waals surface area contributed by atoms with Crippen LogP contribution in [0.25, 0.3) is 0 Å². The van der Waals surface area contributed by atoms with Crippen LogP contribution in [0, 0.1) is 0 Å². The maximum atomic E-state index is 12.1. The van der Waals surface area contributed by atoms with Crippen molar-refractivity contribution in [3.8, 4) is 0 Å². The SMILES string of the molecule is CCCCCCCCCCCCCCCCCCCC(=O)NC(COP(=O)(O)OCC(O)COC(C)=O)C(=O)O. The number of unbranched alkanes of at least 4 members (excludes halogenated alkanes) is 16. The molecule has 0 aliphatic carbocycles. The summed E-state index contributed by atoms with van der Waals surface area (Å²) in [5, 5.41) is 21.1. The highest BCUT2D eigenvalue weighted by Crippen LogP contribution is 2.43. The van der Waals surface area contributed by atoms with Crippen LogP contribution in [0.15, 0.2) is 0 Å². The summed E-state index contributed by atoms with van der Waals surface area (Å²) >= 11 is 0. The summed E-state index contributed by atoms with van der Waals surface area (Å²) in [6.45, 7) is 1.47. The molecule has 236 valence electrons. The van der Waals surface area contributed by atoms with E-state index >= 15 is 0 Å². The maximum Gasteiger partial charge on any atom is 0.472 e. The molecule has 11 nitrogen and oxygen atoms in total. The van der Waals surface area contributed by atoms with E-state index in [0.29, 0.717) is 6.42 Å². The summed E-state index contributed by atoms with van der Waals surface area (Å²) < 4.78 is 25.6. The number of phosphoric acid groups is 1. The molecule has 0 saturated heterocycles. The molecular formula is C28H54NO10P. The first-order valence-electron chi connectivity index (χ1n) is 15.0. The lowest BCUT2D eigenvalue weighted by Crippen LogP contribution is -2.43. The average molecular weight is 596 g/mol. The Kier molecular flexibility index (Phi) is 24.3. The van der Waals surface area contributed by atoms with Crippen LogP contribution in [0.3, 0.4) is 0 Å². The van der Waals surface area contributed by atoms with Crippen molar-refractivity contribution in [1.29, 1.82) is 0 Å². The fraction of sp³-hybridized carbons (Fsp3) is 0.893. The molecule has 0 radical (unpaired) electrons. The molecule has 0 aliphatic rings. The normalized spacial score (nSPS) is 14.3. The number of aliphatic carboxylic acids is 1. The Morgan fingerprint density at radius 3 is 1.57 bits per heavy atom. The van der Waals surface area contributed by atoms with Gasteiger partial charge in [0.1, 0.15) is 12.7 Å². The number of amides is 1. The number of aliphatic hydroxyl groups is 1. The Labute approximate surface area is 240 Å². The second kappa shape index (κ2) is 25.2. The highest BCUT2D eigenvalue weighted by Gasteiger charge is 2.28. The van der Waals surface area contributed by atoms with Crippen molar-refractivity contribution >= 4 is 25.7 Å². The smallest absolute Gasteiger partial charge is 0.472 e. The number of aliphatic hydroxyl groups excluding tert-OH is 1. The third kappa shape index (κ3) is 25.4. The third-order valence-corrected chi connectivity index (χ3v) is 7.40. The highest BCUT2D eigenvalue weighted by molar-refractivity contribution is 7.47. The molecule has 0 heterocycles. The predicted molar refractivity (Wildman–Crippen MR) is 153 cm³/mol. The van der Waals surface area contributed by atoms with Gasteiger partial charge in [-0.1, -0.05) is 110 Å². The first-order chi connectivity index (χ1) is 19.1. The largest absolute Gasteiger partial charge is 0.480 e. The van der Waals surface area contributed by atoms with Crippen LogP contribution in [0.1, 0.15) is 129 Å². The van der Waals surface area contributed by atoms with E-state index in [-0.39, 0.29) is 6.42 Å². The molecule has 0 aromatic rings. The molecule has 3 unspecified atom stereocenters. The van der Waals surface area contributed by atoms with Crippen LogP contribution in [0.5, 0.6) is 0 Å². The second-order valence-electron chi connectivity index (χ2n) is 10.4. The van der Waals surface area contributed by atoms with Crippen molar-refractivity contribution in [3.05, 3.63) is 0 Å². The molecule has 0 aromatic carbocycles. The zero-order valence-electron chi connectivity index (χ0n) is 24.7. The number of carboxylic acids is 1. The van der Waals surface area contributed by atoms with E-state index in [9.17, 15) is 34.1 Å². The van der Waals surface area contributed by atoms with Gasteiger partial charge in [0, 0.05) is 13.3 Å². The molecule has 40 heavy (non-hydrogen) atoms. The highest BCUT2D eigenvalue weighted by atomic mass is 31.2. The van der Waals surface area contributed by atoms with Crippen molar-refractivity contribution < 1.29 is 47.8 Å². The fourth-order valence-electron chi connectivity index (χ4n) is 4.10. The van der Waals surface area contributed by atoms with Crippen LogP contribution in [0.2, 0.25) is 0 Å². The van der Waals surface area contributed by atoms with Crippen LogP contribution in [0.4, 0.5) is 0 Å². The molecule has 3 atom stereocenters. The van der Waals surface area contributed by atoms with E-state index in [0.717, 1.165) is 26.2 Å². The van der Waals surface area contributed by atoms with Gasteiger partial charge >= 0.3 is 19.8 Å². The fourth-order valence-corrected chi connectivity index (χ4v) is 4.87. The summed E-state index contributed by atoms with van der Waals surface area (Å²) in [5.74, 6) is -2.55. The number of hydrogen-bond donors (Lipinski definition) is 4. The first kappa shape index (κ1) is 38.5. The number of carboxylic acid groups (broad SMARTS) is 1. The summed E-state index contributed by atoms with van der Waals surface area (Å²) in [6.07, 6.45) is 19.7. The number of carbonyl (C=O) groups is 3. The van der Waals surface area contributed by atoms with Gasteiger partial charge in [0.15, 0.2) is 6.04 Å². The Morgan fingerprint density at radius 2 is 1.15 bits per heavy atom. The van der Waals surface area contributed by atoms with E-state index in [2.05, 4.69) is 26.0 Å². The monoisotopic (exact) mass is 595 g/mol. The number of hydrogen-bond acceptors (Lipinski definition) is 8. The van der Waals surface area contributed by atoms with Gasteiger partial charge in [-0.05, 0) is 6.42 Å². The van der Waals surface area contributed by atoms with Gasteiger partial charge in [0.25, 0.3) is 0 Å². The Morgan fingerprint density at radius 1 is 0.725 bits per heavy atom. The van der Waals surface area contributed by atoms with Gasteiger partial charge in [-0.15, -0.1) is 0 Å². The molecule has 0 bridgehead atoms. The van der Waals surface area contributed by atoms with Crippen LogP contribution in [-0.2, 0) is 32.7 Å². The van der Waals surface area contributed by atoms with Crippen molar-refractivity contribution in [1.82, 2.24) is 5.32 Å². The summed E-state index contributed by atoms with van der Waals surface area (Å²) in [6, 6.07) is -1.53. The minimum Gasteiger partial charge on any atom is -0.480 e. The lowest BCUT2D eigenvalue weighted by Gasteiger charge is -2.18. The number of nitrogens with one attached hydrogen (secondary N) is 1. The molecule has 0 aliphatic heterocycles. The molecule has 0 spiro atoms. The van der Waals surface area contributed by atoms with Gasteiger partial charge in [-0.25, -0.2) is 9.36 Å². The van der Waals surface area contributed by atoms with Crippen molar-refractivity contribution in [2.75, 3.05) is 19.8 Å². The lowest BCUT2D eigenvalue weighted by molar-refractivity contribution is -0.144. The van der Waals surface area contributed by atoms with Gasteiger partial charge in [0.05, 0.1) is 13.2 Å². The van der Waals surface area contributed by atoms with Crippen molar-refractivity contribution in [3.63, 3.8) is 0 Å². The summed E-state index contributed by atoms with van der Waals surface area (Å²) in [7, 11) is -4.70. The number of carbonyl (C=O) groups excluding carboxylic acids is 2. The van der Waals surface area contributed by atoms with Gasteiger partial charge in [0.2, 0.25) is 5.91 Å². The van der Waals surface area contributed by atoms with E-state index < -0.39 is 57.6 Å². The van der Waals surface area contributed by atoms with Gasteiger partial charge in [-0.2, -0.15) is 0 Å². The molecular weight excluding hydrogens is 541 g/mol. The average Bonchev–Trinajstić information content (AvgIpc) is 2.90. The molecule has 0 fully saturated rings. The Hall–Kier alpha value is -1.52. The first-order valence-corrected chi connectivity index (χ1v) is 16.5. The molecule has 0 aromatic heterocycles. The Bertz CT molecular complexity index is 721. The number of esters is 1. The number of ether oxygens (including phenoxy) is 1. The molecule has 12 heteroatoms. The van der Waals surface area contributed by atoms with Gasteiger partial charge in [-0.3, -0.25) is 18.6 Å². The van der Waals surface area contributed by atoms with E-state index in [1.807, 2.05) is 0 Å². The van der Waals surface area contributed by atoms with Crippen molar-refractivity contribution in [2.45, 2.75) is 142 Å². The second-order valence-corrected chi connectivity index (χ2v) is 11.8. The van der Waals surface area contributed by atoms with Crippen LogP contribution in [-0.4, -0.2) is 64.9 Å². The molecule has 0 rings (SSSR count). The Balaban J connectivity index is 3.82. The molecule has 4 N–H and O–H groups in total. The topological polar surface area (TPSA) is 169 Å². The number of rotatable bonds is 28. The van der Waals surface area contributed by atoms with Crippen molar-refractivity contribution in [2.24, 2.45) is 0 Å². The predicted octanol–water partition coefficient (Wildman–Crippen LogP) is 5.66. The lowest BCUT2D eigenvalue weighted by atomic mass is 10.0. The molecule has 1 amide bonds. The van der Waals surface area contributed by atoms with E-state index in [4.69, 9.17) is 0 Å². The zero-order valence-corrected chi connectivity index (χ0v) is 25.5. The van der Waals surface area contributed by atoms with Crippen LogP contribution >= 0.6 is 7.82 Å². The van der Waals surface area contributed by atoms with E-state index in [1.54, 1.807) is 0 Å². The quantitative estimate of drug-likeness (QED) is 0.0503. The van der Waals surface area contributed by atoms with Gasteiger partial charge < -0.3 is 25.2 Å². The minimum absolute atomic E-state index is 0.151. The standard InChI is InChI=1S/C28H54NO10P/c1-3-4-5-6-7-8-9-10-11-12-13-14-15-16-17-18-19-20-27(32)29-26(28(33)34)23-39-40(35,36)38-22-25(31)21-37-24(2)30/h25-26,31H,3-23H2,1-2H3,(H,29,32)(H,33,34)(H,35,36). The third-order valence-electron chi connectivity index (χ3n) is 6.45.